The second-order valence-electron chi connectivity index (χ2n) is 8.47. The molecule has 0 amide bonds. The van der Waals surface area contributed by atoms with Crippen LogP contribution in [0, 0.1) is 11.8 Å². The fraction of sp³-hybridized carbons (Fsp3) is 0.650. The Kier molecular flexibility index (Phi) is 6.71. The molecule has 1 aliphatic rings. The average Bonchev–Trinajstić information content (AvgIpc) is 2.58. The Morgan fingerprint density at radius 3 is 2.37 bits per heavy atom. The Hall–Kier alpha value is -1.44. The summed E-state index contributed by atoms with van der Waals surface area (Å²) in [5, 5.41) is 9.20. The number of carboxylic acid groups (broad SMARTS) is 1. The van der Waals surface area contributed by atoms with Crippen molar-refractivity contribution in [2.24, 2.45) is 11.8 Å². The average molecular weight is 397 g/mol. The molecule has 1 saturated heterocycles. The van der Waals surface area contributed by atoms with Gasteiger partial charge in [0.2, 0.25) is 10.0 Å². The van der Waals surface area contributed by atoms with Gasteiger partial charge in [0.05, 0.1) is 10.5 Å². The molecule has 0 saturated carbocycles. The van der Waals surface area contributed by atoms with Crippen LogP contribution in [0.25, 0.3) is 0 Å². The van der Waals surface area contributed by atoms with Crippen LogP contribution in [-0.2, 0) is 16.4 Å². The van der Waals surface area contributed by atoms with E-state index in [2.05, 4.69) is 37.3 Å². The molecule has 1 aromatic carbocycles. The van der Waals surface area contributed by atoms with Crippen molar-refractivity contribution < 1.29 is 18.3 Å². The van der Waals surface area contributed by atoms with E-state index in [4.69, 9.17) is 0 Å². The first-order valence-corrected chi connectivity index (χ1v) is 11.1. The second-order valence-corrected chi connectivity index (χ2v) is 10.2. The predicted molar refractivity (Wildman–Crippen MR) is 107 cm³/mol. The smallest absolute Gasteiger partial charge is 0.335 e. The molecule has 152 valence electrons. The maximum Gasteiger partial charge on any atom is 0.335 e. The molecular formula is C20H32N2O4S. The molecule has 1 fully saturated rings. The van der Waals surface area contributed by atoms with Gasteiger partial charge in [-0.05, 0) is 56.2 Å². The maximum absolute atomic E-state index is 12.9. The van der Waals surface area contributed by atoms with E-state index in [1.165, 1.54) is 18.6 Å². The molecule has 0 aromatic heterocycles. The van der Waals surface area contributed by atoms with Crippen molar-refractivity contribution >= 4 is 16.0 Å². The third-order valence-electron chi connectivity index (χ3n) is 5.40. The minimum atomic E-state index is -3.80. The SMILES string of the molecule is CCc1ccc(C(=O)O)cc1S(=O)(=O)NCC(C)(C)N1CC(C)CC(C)C1. The van der Waals surface area contributed by atoms with Gasteiger partial charge in [-0.2, -0.15) is 0 Å². The number of likely N-dealkylation sites (tertiary alicyclic amines) is 1. The van der Waals surface area contributed by atoms with Crippen LogP contribution in [0.4, 0.5) is 0 Å². The second kappa shape index (κ2) is 8.29. The number of benzene rings is 1. The van der Waals surface area contributed by atoms with Crippen LogP contribution in [0.15, 0.2) is 23.1 Å². The molecular weight excluding hydrogens is 364 g/mol. The zero-order valence-corrected chi connectivity index (χ0v) is 17.8. The van der Waals surface area contributed by atoms with E-state index in [1.807, 2.05) is 6.92 Å². The third kappa shape index (κ3) is 5.30. The van der Waals surface area contributed by atoms with Crippen molar-refractivity contribution in [3.05, 3.63) is 29.3 Å². The number of nitrogens with one attached hydrogen (secondary N) is 1. The minimum absolute atomic E-state index is 0.0227. The largest absolute Gasteiger partial charge is 0.478 e. The van der Waals surface area contributed by atoms with Crippen LogP contribution in [0.3, 0.4) is 0 Å². The van der Waals surface area contributed by atoms with Crippen LogP contribution in [0.5, 0.6) is 0 Å². The molecule has 27 heavy (non-hydrogen) atoms. The standard InChI is InChI=1S/C20H32N2O4S/c1-6-16-7-8-17(19(23)24)10-18(16)27(25,26)21-13-20(4,5)22-11-14(2)9-15(3)12-22/h7-8,10,14-15,21H,6,9,11-13H2,1-5H3,(H,23,24). The summed E-state index contributed by atoms with van der Waals surface area (Å²) in [6.07, 6.45) is 1.71. The van der Waals surface area contributed by atoms with Gasteiger partial charge in [0, 0.05) is 25.2 Å². The summed E-state index contributed by atoms with van der Waals surface area (Å²) in [4.78, 5) is 13.6. The Morgan fingerprint density at radius 1 is 1.26 bits per heavy atom. The number of sulfonamides is 1. The van der Waals surface area contributed by atoms with Gasteiger partial charge in [0.15, 0.2) is 0 Å². The fourth-order valence-corrected chi connectivity index (χ4v) is 5.39. The van der Waals surface area contributed by atoms with Crippen LogP contribution in [0.2, 0.25) is 0 Å². The number of carbonyl (C=O) groups is 1. The van der Waals surface area contributed by atoms with Gasteiger partial charge in [-0.3, -0.25) is 4.90 Å². The van der Waals surface area contributed by atoms with Crippen LogP contribution in [-0.4, -0.2) is 49.6 Å². The van der Waals surface area contributed by atoms with E-state index in [1.54, 1.807) is 6.07 Å². The Bertz CT molecular complexity index is 779. The first-order valence-electron chi connectivity index (χ1n) is 9.57. The molecule has 0 bridgehead atoms. The van der Waals surface area contributed by atoms with Crippen molar-refractivity contribution in [2.45, 2.75) is 57.9 Å². The van der Waals surface area contributed by atoms with Crippen molar-refractivity contribution in [2.75, 3.05) is 19.6 Å². The molecule has 6 nitrogen and oxygen atoms in total. The van der Waals surface area contributed by atoms with Crippen molar-refractivity contribution in [1.82, 2.24) is 9.62 Å². The molecule has 1 heterocycles. The van der Waals surface area contributed by atoms with Gasteiger partial charge < -0.3 is 5.11 Å². The number of nitrogens with zero attached hydrogens (tertiary/aromatic N) is 1. The highest BCUT2D eigenvalue weighted by molar-refractivity contribution is 7.89. The molecule has 2 rings (SSSR count). The summed E-state index contributed by atoms with van der Waals surface area (Å²) in [5.41, 5.74) is 0.267. The quantitative estimate of drug-likeness (QED) is 0.740. The van der Waals surface area contributed by atoms with Gasteiger partial charge >= 0.3 is 5.97 Å². The van der Waals surface area contributed by atoms with Gasteiger partial charge in [-0.1, -0.05) is 26.8 Å². The molecule has 0 radical (unpaired) electrons. The summed E-state index contributed by atoms with van der Waals surface area (Å²) in [7, 11) is -3.80. The first kappa shape index (κ1) is 21.9. The zero-order chi connectivity index (χ0) is 20.4. The Labute approximate surface area is 163 Å². The summed E-state index contributed by atoms with van der Waals surface area (Å²) in [6, 6.07) is 4.28. The number of hydrogen-bond donors (Lipinski definition) is 2. The first-order chi connectivity index (χ1) is 12.5. The highest BCUT2D eigenvalue weighted by Gasteiger charge is 2.34. The molecule has 0 aliphatic carbocycles. The lowest BCUT2D eigenvalue weighted by Crippen LogP contribution is -2.56. The molecule has 0 spiro atoms. The fourth-order valence-electron chi connectivity index (χ4n) is 3.85. The van der Waals surface area contributed by atoms with E-state index >= 15 is 0 Å². The Morgan fingerprint density at radius 2 is 1.85 bits per heavy atom. The van der Waals surface area contributed by atoms with Gasteiger partial charge in [0.1, 0.15) is 0 Å². The highest BCUT2D eigenvalue weighted by Crippen LogP contribution is 2.27. The number of piperidine rings is 1. The molecule has 2 unspecified atom stereocenters. The lowest BCUT2D eigenvalue weighted by atomic mass is 9.88. The van der Waals surface area contributed by atoms with Crippen molar-refractivity contribution in [3.63, 3.8) is 0 Å². The topological polar surface area (TPSA) is 86.7 Å². The van der Waals surface area contributed by atoms with Crippen LogP contribution in [0.1, 0.15) is 57.0 Å². The highest BCUT2D eigenvalue weighted by atomic mass is 32.2. The monoisotopic (exact) mass is 396 g/mol. The number of carboxylic acids is 1. The maximum atomic E-state index is 12.9. The summed E-state index contributed by atoms with van der Waals surface area (Å²) in [6.45, 7) is 12.6. The van der Waals surface area contributed by atoms with Crippen molar-refractivity contribution in [3.8, 4) is 0 Å². The Balaban J connectivity index is 2.21. The number of aryl methyl sites for hydroxylation is 1. The van der Waals surface area contributed by atoms with E-state index in [0.29, 0.717) is 23.8 Å². The third-order valence-corrected chi connectivity index (χ3v) is 6.89. The molecule has 2 atom stereocenters. The molecule has 1 aromatic rings. The zero-order valence-electron chi connectivity index (χ0n) is 16.9. The minimum Gasteiger partial charge on any atom is -0.478 e. The van der Waals surface area contributed by atoms with Gasteiger partial charge in [-0.25, -0.2) is 17.9 Å². The van der Waals surface area contributed by atoms with Gasteiger partial charge in [-0.15, -0.1) is 0 Å². The lowest BCUT2D eigenvalue weighted by molar-refractivity contribution is 0.0489. The molecule has 1 aliphatic heterocycles. The predicted octanol–water partition coefficient (Wildman–Crippen LogP) is 2.98. The lowest BCUT2D eigenvalue weighted by Gasteiger charge is -2.45. The number of rotatable bonds is 7. The number of hydrogen-bond acceptors (Lipinski definition) is 4. The summed E-state index contributed by atoms with van der Waals surface area (Å²) < 4.78 is 28.6. The van der Waals surface area contributed by atoms with Crippen LogP contribution >= 0.6 is 0 Å². The van der Waals surface area contributed by atoms with E-state index in [0.717, 1.165) is 13.1 Å². The number of aromatic carboxylic acids is 1. The van der Waals surface area contributed by atoms with E-state index < -0.39 is 16.0 Å². The normalized spacial score (nSPS) is 22.0. The van der Waals surface area contributed by atoms with Crippen LogP contribution < -0.4 is 4.72 Å². The van der Waals surface area contributed by atoms with E-state index in [-0.39, 0.29) is 22.5 Å². The van der Waals surface area contributed by atoms with Crippen molar-refractivity contribution in [1.29, 1.82) is 0 Å². The summed E-state index contributed by atoms with van der Waals surface area (Å²) >= 11 is 0. The molecule has 2 N–H and O–H groups in total. The van der Waals surface area contributed by atoms with Gasteiger partial charge in [0.25, 0.3) is 0 Å². The summed E-state index contributed by atoms with van der Waals surface area (Å²) in [5.74, 6) is 0.0397. The molecule has 7 heteroatoms. The van der Waals surface area contributed by atoms with E-state index in [9.17, 15) is 18.3 Å².